The zero-order chi connectivity index (χ0) is 21.3. The number of likely N-dealkylation sites (tertiary alicyclic amines) is 1. The average Bonchev–Trinajstić information content (AvgIpc) is 2.99. The number of methoxy groups -OCH3 is 1. The standard InChI is InChI=1S/C22H22ClN3O4/c1-30-18-9-5-3-7-16(18)19(27)25-12-10-22(11-13-25)20(28)26(21(29)24-22)14-15-6-2-4-8-17(15)23/h2-9H,10-14H2,1H3,(H,24,29). The van der Waals surface area contributed by atoms with Crippen molar-refractivity contribution in [1.82, 2.24) is 15.1 Å². The lowest BCUT2D eigenvalue weighted by atomic mass is 9.87. The molecule has 1 spiro atoms. The maximum absolute atomic E-state index is 13.1. The van der Waals surface area contributed by atoms with Gasteiger partial charge in [0.15, 0.2) is 0 Å². The van der Waals surface area contributed by atoms with Crippen LogP contribution in [0.2, 0.25) is 5.02 Å². The molecule has 0 saturated carbocycles. The Kier molecular flexibility index (Phi) is 5.39. The van der Waals surface area contributed by atoms with Crippen LogP contribution in [-0.4, -0.2) is 53.4 Å². The second-order valence-electron chi connectivity index (χ2n) is 7.49. The van der Waals surface area contributed by atoms with Crippen LogP contribution < -0.4 is 10.1 Å². The van der Waals surface area contributed by atoms with Crippen LogP contribution in [0.15, 0.2) is 48.5 Å². The van der Waals surface area contributed by atoms with E-state index in [9.17, 15) is 14.4 Å². The lowest BCUT2D eigenvalue weighted by Crippen LogP contribution is -2.55. The van der Waals surface area contributed by atoms with Crippen LogP contribution in [0.25, 0.3) is 0 Å². The number of amides is 4. The van der Waals surface area contributed by atoms with E-state index in [-0.39, 0.29) is 18.4 Å². The fraction of sp³-hybridized carbons (Fsp3) is 0.318. The molecule has 2 aliphatic rings. The number of benzene rings is 2. The number of hydrogen-bond donors (Lipinski definition) is 1. The van der Waals surface area contributed by atoms with Gasteiger partial charge in [0.05, 0.1) is 19.2 Å². The van der Waals surface area contributed by atoms with Gasteiger partial charge in [-0.1, -0.05) is 41.9 Å². The van der Waals surface area contributed by atoms with Crippen LogP contribution in [0, 0.1) is 0 Å². The molecule has 156 valence electrons. The van der Waals surface area contributed by atoms with Crippen LogP contribution >= 0.6 is 11.6 Å². The SMILES string of the molecule is COc1ccccc1C(=O)N1CCC2(CC1)NC(=O)N(Cc1ccccc1Cl)C2=O. The number of carbonyl (C=O) groups excluding carboxylic acids is 3. The lowest BCUT2D eigenvalue weighted by Gasteiger charge is -2.37. The van der Waals surface area contributed by atoms with E-state index in [2.05, 4.69) is 5.32 Å². The zero-order valence-corrected chi connectivity index (χ0v) is 17.3. The molecule has 2 saturated heterocycles. The summed E-state index contributed by atoms with van der Waals surface area (Å²) in [6.45, 7) is 0.849. The Morgan fingerprint density at radius 2 is 1.77 bits per heavy atom. The molecule has 4 amide bonds. The van der Waals surface area contributed by atoms with Crippen molar-refractivity contribution in [3.63, 3.8) is 0 Å². The molecule has 0 atom stereocenters. The Morgan fingerprint density at radius 3 is 2.47 bits per heavy atom. The molecule has 2 aliphatic heterocycles. The summed E-state index contributed by atoms with van der Waals surface area (Å²) in [5.41, 5.74) is 0.220. The number of rotatable bonds is 4. The molecular weight excluding hydrogens is 406 g/mol. The summed E-state index contributed by atoms with van der Waals surface area (Å²) in [5, 5.41) is 3.37. The number of urea groups is 1. The Balaban J connectivity index is 1.46. The van der Waals surface area contributed by atoms with Gasteiger partial charge in [-0.25, -0.2) is 4.79 Å². The molecule has 8 heteroatoms. The second-order valence-corrected chi connectivity index (χ2v) is 7.89. The minimum Gasteiger partial charge on any atom is -0.496 e. The number of halogens is 1. The van der Waals surface area contributed by atoms with Gasteiger partial charge >= 0.3 is 6.03 Å². The molecule has 7 nitrogen and oxygen atoms in total. The number of hydrogen-bond acceptors (Lipinski definition) is 4. The van der Waals surface area contributed by atoms with E-state index in [0.29, 0.717) is 47.8 Å². The normalized spacial score (nSPS) is 17.9. The summed E-state index contributed by atoms with van der Waals surface area (Å²) in [6.07, 6.45) is 0.717. The number of carbonyl (C=O) groups is 3. The molecule has 2 aromatic carbocycles. The molecule has 0 radical (unpaired) electrons. The van der Waals surface area contributed by atoms with Gasteiger partial charge in [0, 0.05) is 18.1 Å². The van der Waals surface area contributed by atoms with E-state index in [1.807, 2.05) is 6.07 Å². The van der Waals surface area contributed by atoms with E-state index in [1.165, 1.54) is 12.0 Å². The molecule has 1 N–H and O–H groups in total. The van der Waals surface area contributed by atoms with E-state index in [1.54, 1.807) is 47.4 Å². The molecule has 2 aromatic rings. The second kappa shape index (κ2) is 7.99. The predicted molar refractivity (Wildman–Crippen MR) is 111 cm³/mol. The van der Waals surface area contributed by atoms with Crippen molar-refractivity contribution in [3.05, 3.63) is 64.7 Å². The topological polar surface area (TPSA) is 79.0 Å². The molecule has 2 fully saturated rings. The summed E-state index contributed by atoms with van der Waals surface area (Å²) in [6, 6.07) is 13.8. The molecule has 4 rings (SSSR count). The number of nitrogens with zero attached hydrogens (tertiary/aromatic N) is 2. The average molecular weight is 428 g/mol. The van der Waals surface area contributed by atoms with Gasteiger partial charge in [-0.2, -0.15) is 0 Å². The number of nitrogens with one attached hydrogen (secondary N) is 1. The molecule has 0 bridgehead atoms. The third kappa shape index (κ3) is 3.50. The van der Waals surface area contributed by atoms with E-state index in [0.717, 1.165) is 0 Å². The summed E-state index contributed by atoms with van der Waals surface area (Å²) < 4.78 is 5.29. The number of ether oxygens (including phenoxy) is 1. The highest BCUT2D eigenvalue weighted by atomic mass is 35.5. The third-order valence-corrected chi connectivity index (χ3v) is 6.14. The molecule has 0 aromatic heterocycles. The Labute approximate surface area is 179 Å². The Hall–Kier alpha value is -3.06. The van der Waals surface area contributed by atoms with E-state index < -0.39 is 11.6 Å². The molecule has 30 heavy (non-hydrogen) atoms. The quantitative estimate of drug-likeness (QED) is 0.760. The molecule has 0 aliphatic carbocycles. The highest BCUT2D eigenvalue weighted by Crippen LogP contribution is 2.32. The fourth-order valence-corrected chi connectivity index (χ4v) is 4.23. The minimum atomic E-state index is -0.976. The first kappa shape index (κ1) is 20.2. The summed E-state index contributed by atoms with van der Waals surface area (Å²) in [5.74, 6) is 0.0998. The number of imide groups is 1. The first-order chi connectivity index (χ1) is 14.4. The predicted octanol–water partition coefficient (Wildman–Crippen LogP) is 3.08. The fourth-order valence-electron chi connectivity index (χ4n) is 4.04. The smallest absolute Gasteiger partial charge is 0.325 e. The zero-order valence-electron chi connectivity index (χ0n) is 16.6. The van der Waals surface area contributed by atoms with Crippen molar-refractivity contribution in [1.29, 1.82) is 0 Å². The van der Waals surface area contributed by atoms with Crippen molar-refractivity contribution in [3.8, 4) is 5.75 Å². The van der Waals surface area contributed by atoms with Gasteiger partial charge in [-0.15, -0.1) is 0 Å². The highest BCUT2D eigenvalue weighted by Gasteiger charge is 2.52. The Morgan fingerprint density at radius 1 is 1.10 bits per heavy atom. The number of para-hydroxylation sites is 1. The third-order valence-electron chi connectivity index (χ3n) is 5.77. The maximum Gasteiger partial charge on any atom is 0.325 e. The lowest BCUT2D eigenvalue weighted by molar-refractivity contribution is -0.133. The first-order valence-electron chi connectivity index (χ1n) is 9.75. The van der Waals surface area contributed by atoms with Gasteiger partial charge < -0.3 is 15.0 Å². The van der Waals surface area contributed by atoms with Crippen LogP contribution in [0.4, 0.5) is 4.79 Å². The van der Waals surface area contributed by atoms with Gasteiger partial charge in [-0.3, -0.25) is 14.5 Å². The summed E-state index contributed by atoms with van der Waals surface area (Å²) in [7, 11) is 1.53. The summed E-state index contributed by atoms with van der Waals surface area (Å²) in [4.78, 5) is 41.5. The highest BCUT2D eigenvalue weighted by molar-refractivity contribution is 6.31. The van der Waals surface area contributed by atoms with Gasteiger partial charge in [-0.05, 0) is 36.6 Å². The minimum absolute atomic E-state index is 0.121. The van der Waals surface area contributed by atoms with Crippen LogP contribution in [0.1, 0.15) is 28.8 Å². The largest absolute Gasteiger partial charge is 0.496 e. The van der Waals surface area contributed by atoms with E-state index in [4.69, 9.17) is 16.3 Å². The first-order valence-corrected chi connectivity index (χ1v) is 10.1. The van der Waals surface area contributed by atoms with Crippen molar-refractivity contribution in [2.75, 3.05) is 20.2 Å². The maximum atomic E-state index is 13.1. The molecule has 2 heterocycles. The molecule has 0 unspecified atom stereocenters. The number of piperidine rings is 1. The van der Waals surface area contributed by atoms with Crippen LogP contribution in [0.3, 0.4) is 0 Å². The molecular formula is C22H22ClN3O4. The van der Waals surface area contributed by atoms with Crippen molar-refractivity contribution in [2.45, 2.75) is 24.9 Å². The van der Waals surface area contributed by atoms with Gasteiger partial charge in [0.25, 0.3) is 11.8 Å². The van der Waals surface area contributed by atoms with Crippen LogP contribution in [-0.2, 0) is 11.3 Å². The van der Waals surface area contributed by atoms with Gasteiger partial charge in [0.2, 0.25) is 0 Å². The van der Waals surface area contributed by atoms with Crippen molar-refractivity contribution < 1.29 is 19.1 Å². The Bertz CT molecular complexity index is 1000. The van der Waals surface area contributed by atoms with Crippen molar-refractivity contribution >= 4 is 29.4 Å². The van der Waals surface area contributed by atoms with Crippen LogP contribution in [0.5, 0.6) is 5.75 Å². The van der Waals surface area contributed by atoms with Crippen molar-refractivity contribution in [2.24, 2.45) is 0 Å². The summed E-state index contributed by atoms with van der Waals surface area (Å²) >= 11 is 6.19. The van der Waals surface area contributed by atoms with E-state index >= 15 is 0 Å². The monoisotopic (exact) mass is 427 g/mol. The van der Waals surface area contributed by atoms with Gasteiger partial charge in [0.1, 0.15) is 11.3 Å².